The summed E-state index contributed by atoms with van der Waals surface area (Å²) < 4.78 is 5.35. The molecule has 0 bridgehead atoms. The van der Waals surface area contributed by atoms with Crippen molar-refractivity contribution in [3.63, 3.8) is 0 Å². The molecule has 0 aliphatic heterocycles. The van der Waals surface area contributed by atoms with Crippen LogP contribution in [0, 0.1) is 0 Å². The summed E-state index contributed by atoms with van der Waals surface area (Å²) >= 11 is 0. The Labute approximate surface area is 224 Å². The SMILES string of the molecule is CCCCCCOC(=O)c1ccccc1C(=O)c1ccc(N(CC)CC)cc1O.O=C(O)c1ccccc1. The van der Waals surface area contributed by atoms with Crippen LogP contribution in [0.5, 0.6) is 5.75 Å². The number of anilines is 1. The van der Waals surface area contributed by atoms with Crippen molar-refractivity contribution in [1.82, 2.24) is 0 Å². The van der Waals surface area contributed by atoms with E-state index in [2.05, 4.69) is 11.8 Å². The number of ketones is 1. The van der Waals surface area contributed by atoms with E-state index in [0.29, 0.717) is 12.2 Å². The molecule has 0 amide bonds. The summed E-state index contributed by atoms with van der Waals surface area (Å²) in [5.41, 5.74) is 1.81. The second kappa shape index (κ2) is 15.9. The minimum Gasteiger partial charge on any atom is -0.507 e. The number of phenols is 1. The molecule has 3 aromatic rings. The van der Waals surface area contributed by atoms with Gasteiger partial charge in [-0.2, -0.15) is 0 Å². The zero-order chi connectivity index (χ0) is 27.9. The molecule has 0 aromatic heterocycles. The van der Waals surface area contributed by atoms with E-state index >= 15 is 0 Å². The molecule has 3 rings (SSSR count). The van der Waals surface area contributed by atoms with Gasteiger partial charge in [-0.05, 0) is 50.6 Å². The molecule has 0 saturated carbocycles. The second-order valence-electron chi connectivity index (χ2n) is 8.62. The maximum absolute atomic E-state index is 13.0. The Balaban J connectivity index is 0.000000474. The van der Waals surface area contributed by atoms with Gasteiger partial charge in [-0.3, -0.25) is 4.79 Å². The Kier molecular flexibility index (Phi) is 12.6. The first-order valence-corrected chi connectivity index (χ1v) is 13.0. The second-order valence-corrected chi connectivity index (χ2v) is 8.62. The highest BCUT2D eigenvalue weighted by molar-refractivity contribution is 6.15. The number of carboxylic acids is 1. The van der Waals surface area contributed by atoms with E-state index in [1.165, 1.54) is 0 Å². The molecule has 2 N–H and O–H groups in total. The van der Waals surface area contributed by atoms with Gasteiger partial charge in [-0.1, -0.05) is 62.6 Å². The molecular formula is C31H37NO6. The predicted octanol–water partition coefficient (Wildman–Crippen LogP) is 6.59. The zero-order valence-corrected chi connectivity index (χ0v) is 22.4. The Morgan fingerprint density at radius 2 is 1.39 bits per heavy atom. The lowest BCUT2D eigenvalue weighted by atomic mass is 9.97. The van der Waals surface area contributed by atoms with Crippen molar-refractivity contribution in [3.8, 4) is 5.75 Å². The van der Waals surface area contributed by atoms with Crippen molar-refractivity contribution in [2.24, 2.45) is 0 Å². The lowest BCUT2D eigenvalue weighted by Gasteiger charge is -2.21. The third kappa shape index (κ3) is 8.76. The summed E-state index contributed by atoms with van der Waals surface area (Å²) in [5.74, 6) is -1.88. The van der Waals surface area contributed by atoms with Gasteiger partial charge in [0.1, 0.15) is 5.75 Å². The molecule has 7 nitrogen and oxygen atoms in total. The highest BCUT2D eigenvalue weighted by Crippen LogP contribution is 2.28. The number of hydrogen-bond acceptors (Lipinski definition) is 6. The fourth-order valence-electron chi connectivity index (χ4n) is 3.85. The predicted molar refractivity (Wildman–Crippen MR) is 149 cm³/mol. The largest absolute Gasteiger partial charge is 0.507 e. The Morgan fingerprint density at radius 3 is 1.95 bits per heavy atom. The minimum absolute atomic E-state index is 0.0952. The molecule has 0 radical (unpaired) electrons. The van der Waals surface area contributed by atoms with Gasteiger partial charge in [0.25, 0.3) is 0 Å². The van der Waals surface area contributed by atoms with Gasteiger partial charge in [0, 0.05) is 30.4 Å². The van der Waals surface area contributed by atoms with Crippen LogP contribution < -0.4 is 4.90 Å². The maximum atomic E-state index is 13.0. The van der Waals surface area contributed by atoms with E-state index in [4.69, 9.17) is 9.84 Å². The van der Waals surface area contributed by atoms with E-state index in [0.717, 1.165) is 44.5 Å². The summed E-state index contributed by atoms with van der Waals surface area (Å²) in [6.45, 7) is 8.13. The molecule has 0 spiro atoms. The van der Waals surface area contributed by atoms with E-state index < -0.39 is 17.7 Å². The van der Waals surface area contributed by atoms with Gasteiger partial charge in [-0.15, -0.1) is 0 Å². The zero-order valence-electron chi connectivity index (χ0n) is 22.4. The lowest BCUT2D eigenvalue weighted by Crippen LogP contribution is -2.21. The van der Waals surface area contributed by atoms with Crippen molar-refractivity contribution in [2.45, 2.75) is 46.5 Å². The first kappa shape index (κ1) is 30.1. The Bertz CT molecular complexity index is 1190. The highest BCUT2D eigenvalue weighted by Gasteiger charge is 2.21. The molecule has 202 valence electrons. The Morgan fingerprint density at radius 1 is 0.763 bits per heavy atom. The van der Waals surface area contributed by atoms with Crippen LogP contribution in [-0.4, -0.2) is 47.6 Å². The molecule has 3 aromatic carbocycles. The fourth-order valence-corrected chi connectivity index (χ4v) is 3.85. The summed E-state index contributed by atoms with van der Waals surface area (Å²) in [4.78, 5) is 37.8. The fraction of sp³-hybridized carbons (Fsp3) is 0.323. The van der Waals surface area contributed by atoms with Gasteiger partial charge < -0.3 is 19.8 Å². The van der Waals surface area contributed by atoms with Crippen molar-refractivity contribution in [2.75, 3.05) is 24.6 Å². The molecule has 0 heterocycles. The average molecular weight is 520 g/mol. The third-order valence-corrected chi connectivity index (χ3v) is 6.00. The van der Waals surface area contributed by atoms with Crippen molar-refractivity contribution in [1.29, 1.82) is 0 Å². The normalized spacial score (nSPS) is 10.2. The number of rotatable bonds is 12. The van der Waals surface area contributed by atoms with E-state index in [-0.39, 0.29) is 22.4 Å². The van der Waals surface area contributed by atoms with Gasteiger partial charge in [0.2, 0.25) is 0 Å². The van der Waals surface area contributed by atoms with E-state index in [9.17, 15) is 19.5 Å². The number of carboxylic acid groups (broad SMARTS) is 1. The molecule has 0 saturated heterocycles. The van der Waals surface area contributed by atoms with Crippen LogP contribution in [0.15, 0.2) is 72.8 Å². The standard InChI is InChI=1S/C24H31NO4.C7H6O2/c1-4-7-8-11-16-29-24(28)20-13-10-9-12-19(20)23(27)21-15-14-18(17-22(21)26)25(5-2)6-3;8-7(9)6-4-2-1-3-5-6/h9-10,12-15,17,26H,4-8,11,16H2,1-3H3;1-5H,(H,8,9). The molecule has 0 aliphatic carbocycles. The maximum Gasteiger partial charge on any atom is 0.338 e. The van der Waals surface area contributed by atoms with Crippen LogP contribution in [0.4, 0.5) is 5.69 Å². The molecule has 0 aliphatic rings. The number of carbonyl (C=O) groups excluding carboxylic acids is 2. The summed E-state index contributed by atoms with van der Waals surface area (Å²) in [7, 11) is 0. The van der Waals surface area contributed by atoms with Gasteiger partial charge in [0.05, 0.1) is 23.3 Å². The number of ether oxygens (including phenoxy) is 1. The number of aromatic carboxylic acids is 1. The number of benzene rings is 3. The average Bonchev–Trinajstić information content (AvgIpc) is 2.94. The van der Waals surface area contributed by atoms with Crippen LogP contribution >= 0.6 is 0 Å². The quantitative estimate of drug-likeness (QED) is 0.158. The van der Waals surface area contributed by atoms with Crippen LogP contribution in [0.25, 0.3) is 0 Å². The van der Waals surface area contributed by atoms with Crippen LogP contribution in [0.1, 0.15) is 83.1 Å². The topological polar surface area (TPSA) is 104 Å². The van der Waals surface area contributed by atoms with Gasteiger partial charge in [-0.25, -0.2) is 9.59 Å². The number of carbonyl (C=O) groups is 3. The van der Waals surface area contributed by atoms with Crippen LogP contribution in [-0.2, 0) is 4.74 Å². The van der Waals surface area contributed by atoms with Gasteiger partial charge >= 0.3 is 11.9 Å². The summed E-state index contributed by atoms with van der Waals surface area (Å²) in [6.07, 6.45) is 4.04. The van der Waals surface area contributed by atoms with Crippen LogP contribution in [0.3, 0.4) is 0 Å². The van der Waals surface area contributed by atoms with Gasteiger partial charge in [0.15, 0.2) is 5.78 Å². The first-order chi connectivity index (χ1) is 18.3. The molecule has 0 unspecified atom stereocenters. The molecule has 0 fully saturated rings. The third-order valence-electron chi connectivity index (χ3n) is 6.00. The Hall–Kier alpha value is -4.13. The van der Waals surface area contributed by atoms with Crippen molar-refractivity contribution < 1.29 is 29.3 Å². The first-order valence-electron chi connectivity index (χ1n) is 13.0. The number of esters is 1. The molecule has 38 heavy (non-hydrogen) atoms. The van der Waals surface area contributed by atoms with E-state index in [1.807, 2.05) is 19.9 Å². The molecule has 7 heteroatoms. The lowest BCUT2D eigenvalue weighted by molar-refractivity contribution is 0.0494. The number of nitrogens with zero attached hydrogens (tertiary/aromatic N) is 1. The molecule has 0 atom stereocenters. The van der Waals surface area contributed by atoms with E-state index in [1.54, 1.807) is 66.7 Å². The number of phenolic OH excluding ortho intramolecular Hbond substituents is 1. The molecular weight excluding hydrogens is 482 g/mol. The summed E-state index contributed by atoms with van der Waals surface area (Å²) in [6, 6.07) is 19.9. The smallest absolute Gasteiger partial charge is 0.338 e. The van der Waals surface area contributed by atoms with Crippen LogP contribution in [0.2, 0.25) is 0 Å². The minimum atomic E-state index is -0.879. The van der Waals surface area contributed by atoms with Crippen molar-refractivity contribution in [3.05, 3.63) is 95.1 Å². The number of hydrogen-bond donors (Lipinski definition) is 2. The number of aromatic hydroxyl groups is 1. The highest BCUT2D eigenvalue weighted by atomic mass is 16.5. The summed E-state index contributed by atoms with van der Waals surface area (Å²) in [5, 5.41) is 18.8. The monoisotopic (exact) mass is 519 g/mol. The number of unbranched alkanes of at least 4 members (excludes halogenated alkanes) is 3. The van der Waals surface area contributed by atoms with Crippen molar-refractivity contribution >= 4 is 23.4 Å².